The van der Waals surface area contributed by atoms with Gasteiger partial charge in [0.15, 0.2) is 0 Å². The number of aromatic amines is 1. The van der Waals surface area contributed by atoms with Crippen LogP contribution in [0, 0.1) is 10.8 Å². The highest BCUT2D eigenvalue weighted by Gasteiger charge is 2.26. The molecule has 1 fully saturated rings. The molecule has 114 valence electrons. The summed E-state index contributed by atoms with van der Waals surface area (Å²) < 4.78 is 0. The first-order valence-electron chi connectivity index (χ1n) is 7.17. The highest BCUT2D eigenvalue weighted by Crippen LogP contribution is 2.28. The summed E-state index contributed by atoms with van der Waals surface area (Å²) in [4.78, 5) is 30.9. The number of carbonyl (C=O) groups is 1. The van der Waals surface area contributed by atoms with Gasteiger partial charge in [-0.1, -0.05) is 5.18 Å². The normalized spacial score (nSPS) is 20.7. The number of nitroso groups, excluding NO2 is 1. The van der Waals surface area contributed by atoms with Crippen LogP contribution in [0.4, 0.5) is 5.82 Å². The fourth-order valence-electron chi connectivity index (χ4n) is 2.81. The van der Waals surface area contributed by atoms with Crippen LogP contribution < -0.4 is 5.32 Å². The third kappa shape index (κ3) is 3.00. The molecule has 2 N–H and O–H groups in total. The van der Waals surface area contributed by atoms with Crippen LogP contribution in [-0.2, 0) is 0 Å². The summed E-state index contributed by atoms with van der Waals surface area (Å²) in [6.07, 6.45) is 7.18. The molecular weight excluding hydrogens is 284 g/mol. The van der Waals surface area contributed by atoms with Crippen molar-refractivity contribution in [2.75, 3.05) is 11.9 Å². The van der Waals surface area contributed by atoms with Gasteiger partial charge in [0, 0.05) is 18.4 Å². The van der Waals surface area contributed by atoms with Crippen LogP contribution in [0.2, 0.25) is 0 Å². The summed E-state index contributed by atoms with van der Waals surface area (Å²) in [6.45, 7) is 0.349. The second-order valence-corrected chi connectivity index (χ2v) is 5.42. The second kappa shape index (κ2) is 6.42. The summed E-state index contributed by atoms with van der Waals surface area (Å²) in [6, 6.07) is 1.80. The quantitative estimate of drug-likeness (QED) is 0.621. The molecule has 1 saturated carbocycles. The lowest BCUT2D eigenvalue weighted by Crippen LogP contribution is -2.20. The molecule has 1 aliphatic rings. The molecule has 0 aromatic carbocycles. The first-order valence-corrected chi connectivity index (χ1v) is 7.17. The maximum atomic E-state index is 12.4. The van der Waals surface area contributed by atoms with E-state index in [4.69, 9.17) is 0 Å². The van der Waals surface area contributed by atoms with Crippen molar-refractivity contribution >= 4 is 11.6 Å². The van der Waals surface area contributed by atoms with Crippen LogP contribution in [0.25, 0.3) is 0 Å². The molecule has 2 aromatic rings. The average Bonchev–Trinajstić information content (AvgIpc) is 3.19. The topological polar surface area (TPSA) is 113 Å². The predicted molar refractivity (Wildman–Crippen MR) is 79.5 cm³/mol. The number of aromatic nitrogens is 4. The van der Waals surface area contributed by atoms with E-state index in [0.29, 0.717) is 29.5 Å². The lowest BCUT2D eigenvalue weighted by Gasteiger charge is -2.15. The van der Waals surface area contributed by atoms with Gasteiger partial charge in [0.1, 0.15) is 17.8 Å². The van der Waals surface area contributed by atoms with Crippen LogP contribution in [-0.4, -0.2) is 38.5 Å². The first kappa shape index (κ1) is 14.3. The Balaban J connectivity index is 1.75. The van der Waals surface area contributed by atoms with E-state index in [1.807, 2.05) is 0 Å². The molecule has 0 amide bonds. The molecule has 2 aromatic heterocycles. The maximum Gasteiger partial charge on any atom is 0.216 e. The Morgan fingerprint density at radius 1 is 1.45 bits per heavy atom. The molecule has 0 saturated heterocycles. The van der Waals surface area contributed by atoms with E-state index in [9.17, 15) is 9.70 Å². The smallest absolute Gasteiger partial charge is 0.216 e. The molecule has 2 atom stereocenters. The fraction of sp³-hybridized carbons (Fsp3) is 0.429. The van der Waals surface area contributed by atoms with Gasteiger partial charge in [-0.2, -0.15) is 10.0 Å². The standard InChI is InChI=1S/C14H16N6O2/c21-13(12-3-4-17-20-12)11-7-15-8-16-14(11)19-10-2-1-9(5-10)6-18-22/h3-4,7-10H,1-2,5-6H2,(H,17,20)(H,15,16,19). The Labute approximate surface area is 126 Å². The minimum atomic E-state index is -0.204. The predicted octanol–water partition coefficient (Wildman–Crippen LogP) is 1.78. The van der Waals surface area contributed by atoms with Crippen LogP contribution in [0.1, 0.15) is 35.3 Å². The highest BCUT2D eigenvalue weighted by atomic mass is 16.3. The summed E-state index contributed by atoms with van der Waals surface area (Å²) >= 11 is 0. The number of hydrogen-bond donors (Lipinski definition) is 2. The molecule has 8 heteroatoms. The third-order valence-corrected chi connectivity index (χ3v) is 3.92. The Kier molecular flexibility index (Phi) is 4.17. The monoisotopic (exact) mass is 300 g/mol. The minimum Gasteiger partial charge on any atom is -0.367 e. The number of nitrogens with one attached hydrogen (secondary N) is 2. The van der Waals surface area contributed by atoms with Crippen LogP contribution in [0.3, 0.4) is 0 Å². The summed E-state index contributed by atoms with van der Waals surface area (Å²) in [5.41, 5.74) is 0.802. The summed E-state index contributed by atoms with van der Waals surface area (Å²) in [5.74, 6) is 0.618. The minimum absolute atomic E-state index is 0.190. The Morgan fingerprint density at radius 2 is 2.36 bits per heavy atom. The third-order valence-electron chi connectivity index (χ3n) is 3.92. The zero-order chi connectivity index (χ0) is 15.4. The number of ketones is 1. The molecule has 22 heavy (non-hydrogen) atoms. The number of carbonyl (C=O) groups excluding carboxylic acids is 1. The van der Waals surface area contributed by atoms with Crippen molar-refractivity contribution in [1.82, 2.24) is 20.2 Å². The Hall–Kier alpha value is -2.64. The summed E-state index contributed by atoms with van der Waals surface area (Å²) in [5, 5.41) is 12.7. The number of H-pyrrole nitrogens is 1. The fourth-order valence-corrected chi connectivity index (χ4v) is 2.81. The lowest BCUT2D eigenvalue weighted by molar-refractivity contribution is 0.103. The summed E-state index contributed by atoms with van der Waals surface area (Å²) in [7, 11) is 0. The first-order chi connectivity index (χ1) is 10.8. The van der Waals surface area contributed by atoms with Gasteiger partial charge in [-0.05, 0) is 31.2 Å². The Morgan fingerprint density at radius 3 is 3.14 bits per heavy atom. The van der Waals surface area contributed by atoms with Crippen molar-refractivity contribution < 1.29 is 4.79 Å². The van der Waals surface area contributed by atoms with Gasteiger partial charge in [0.25, 0.3) is 0 Å². The molecule has 3 rings (SSSR count). The SMILES string of the molecule is O=NCC1CCC(Nc2ncncc2C(=O)c2ccn[nH]2)C1. The second-order valence-electron chi connectivity index (χ2n) is 5.42. The maximum absolute atomic E-state index is 12.4. The van der Waals surface area contributed by atoms with Crippen LogP contribution in [0.5, 0.6) is 0 Å². The number of anilines is 1. The number of rotatable bonds is 6. The van der Waals surface area contributed by atoms with Crippen LogP contribution >= 0.6 is 0 Å². The number of nitrogens with zero attached hydrogens (tertiary/aromatic N) is 4. The molecule has 8 nitrogen and oxygen atoms in total. The molecule has 1 aliphatic carbocycles. The van der Waals surface area contributed by atoms with Gasteiger partial charge in [-0.3, -0.25) is 9.89 Å². The Bertz CT molecular complexity index is 657. The van der Waals surface area contributed by atoms with Gasteiger partial charge in [-0.15, -0.1) is 0 Å². The van der Waals surface area contributed by atoms with E-state index in [-0.39, 0.29) is 11.8 Å². The zero-order valence-corrected chi connectivity index (χ0v) is 11.9. The molecule has 0 bridgehead atoms. The van der Waals surface area contributed by atoms with E-state index in [2.05, 4.69) is 30.7 Å². The van der Waals surface area contributed by atoms with Gasteiger partial charge >= 0.3 is 0 Å². The zero-order valence-electron chi connectivity index (χ0n) is 11.9. The van der Waals surface area contributed by atoms with Gasteiger partial charge in [0.2, 0.25) is 5.78 Å². The van der Waals surface area contributed by atoms with Crippen molar-refractivity contribution in [3.63, 3.8) is 0 Å². The highest BCUT2D eigenvalue weighted by molar-refractivity contribution is 6.10. The van der Waals surface area contributed by atoms with Gasteiger partial charge < -0.3 is 5.32 Å². The molecule has 2 heterocycles. The van der Waals surface area contributed by atoms with Crippen molar-refractivity contribution in [2.45, 2.75) is 25.3 Å². The average molecular weight is 300 g/mol. The van der Waals surface area contributed by atoms with E-state index >= 15 is 0 Å². The molecule has 0 radical (unpaired) electrons. The van der Waals surface area contributed by atoms with E-state index in [0.717, 1.165) is 19.3 Å². The molecule has 2 unspecified atom stereocenters. The number of hydrogen-bond acceptors (Lipinski definition) is 7. The van der Waals surface area contributed by atoms with Gasteiger partial charge in [0.05, 0.1) is 12.1 Å². The van der Waals surface area contributed by atoms with Gasteiger partial charge in [-0.25, -0.2) is 9.97 Å². The lowest BCUT2D eigenvalue weighted by atomic mass is 10.1. The largest absolute Gasteiger partial charge is 0.367 e. The van der Waals surface area contributed by atoms with Crippen molar-refractivity contribution in [3.8, 4) is 0 Å². The van der Waals surface area contributed by atoms with Crippen LogP contribution in [0.15, 0.2) is 30.0 Å². The van der Waals surface area contributed by atoms with Crippen molar-refractivity contribution in [3.05, 3.63) is 41.0 Å². The molecular formula is C14H16N6O2. The van der Waals surface area contributed by atoms with E-state index in [1.54, 1.807) is 6.07 Å². The molecule has 0 aliphatic heterocycles. The van der Waals surface area contributed by atoms with E-state index < -0.39 is 0 Å². The van der Waals surface area contributed by atoms with E-state index in [1.165, 1.54) is 18.7 Å². The van der Waals surface area contributed by atoms with Crippen molar-refractivity contribution in [1.29, 1.82) is 0 Å². The molecule has 0 spiro atoms. The van der Waals surface area contributed by atoms with Crippen molar-refractivity contribution in [2.24, 2.45) is 11.1 Å².